The van der Waals surface area contributed by atoms with Crippen molar-refractivity contribution in [1.82, 2.24) is 10.3 Å². The van der Waals surface area contributed by atoms with Crippen LogP contribution in [0.3, 0.4) is 0 Å². The zero-order valence-electron chi connectivity index (χ0n) is 18.7. The molecule has 33 heavy (non-hydrogen) atoms. The highest BCUT2D eigenvalue weighted by atomic mass is 32.1. The number of hydrogen-bond acceptors (Lipinski definition) is 9. The molecule has 2 aromatic rings. The summed E-state index contributed by atoms with van der Waals surface area (Å²) >= 11 is 1.49. The van der Waals surface area contributed by atoms with Crippen LogP contribution in [0.1, 0.15) is 47.4 Å². The number of aryl methyl sites for hydroxylation is 1. The standard InChI is InChI=1S/C23H25N3O6S/c1-13-18(33-12-25-13)11-31-16-8-15(10-24)20-17(9-16)19(14(2)32-20)21(27)26-23(22(28)29-3)4-6-30-7-5-23/h8-9,12,14,19H,4-7,11H2,1-3H3,(H,26,27). The van der Waals surface area contributed by atoms with E-state index in [2.05, 4.69) is 16.4 Å². The van der Waals surface area contributed by atoms with Crippen molar-refractivity contribution in [3.8, 4) is 17.6 Å². The van der Waals surface area contributed by atoms with Gasteiger partial charge in [0.25, 0.3) is 0 Å². The van der Waals surface area contributed by atoms with E-state index in [1.54, 1.807) is 24.6 Å². The van der Waals surface area contributed by atoms with Crippen LogP contribution in [0.5, 0.6) is 11.5 Å². The van der Waals surface area contributed by atoms with Crippen LogP contribution < -0.4 is 14.8 Å². The Labute approximate surface area is 195 Å². The summed E-state index contributed by atoms with van der Waals surface area (Å²) in [4.78, 5) is 31.2. The first-order valence-corrected chi connectivity index (χ1v) is 11.5. The molecule has 2 aliphatic heterocycles. The van der Waals surface area contributed by atoms with Crippen LogP contribution in [-0.4, -0.2) is 48.8 Å². The summed E-state index contributed by atoms with van der Waals surface area (Å²) in [5, 5.41) is 12.6. The number of hydrogen-bond donors (Lipinski definition) is 1. The Balaban J connectivity index is 1.62. The monoisotopic (exact) mass is 471 g/mol. The van der Waals surface area contributed by atoms with Gasteiger partial charge in [0.15, 0.2) is 0 Å². The molecule has 1 amide bonds. The molecule has 0 saturated carbocycles. The molecule has 0 bridgehead atoms. The fourth-order valence-corrected chi connectivity index (χ4v) is 4.92. The summed E-state index contributed by atoms with van der Waals surface area (Å²) in [5.41, 5.74) is 2.34. The van der Waals surface area contributed by atoms with Gasteiger partial charge in [0.1, 0.15) is 41.7 Å². The van der Waals surface area contributed by atoms with E-state index >= 15 is 0 Å². The average molecular weight is 472 g/mol. The van der Waals surface area contributed by atoms with Gasteiger partial charge in [-0.2, -0.15) is 5.26 Å². The maximum absolute atomic E-state index is 13.4. The molecule has 1 saturated heterocycles. The lowest BCUT2D eigenvalue weighted by Crippen LogP contribution is -2.59. The molecule has 4 rings (SSSR count). The lowest BCUT2D eigenvalue weighted by Gasteiger charge is -2.36. The topological polar surface area (TPSA) is 120 Å². The molecule has 1 N–H and O–H groups in total. The predicted octanol–water partition coefficient (Wildman–Crippen LogP) is 2.61. The third kappa shape index (κ3) is 4.38. The SMILES string of the molecule is COC(=O)C1(NC(=O)C2c3cc(OCc4scnc4C)cc(C#N)c3OC2C)CCOCC1. The van der Waals surface area contributed by atoms with E-state index in [-0.39, 0.29) is 5.91 Å². The zero-order chi connectivity index (χ0) is 23.6. The summed E-state index contributed by atoms with van der Waals surface area (Å²) in [5.74, 6) is -0.758. The van der Waals surface area contributed by atoms with Crippen molar-refractivity contribution < 1.29 is 28.5 Å². The number of rotatable bonds is 6. The molecule has 1 aromatic carbocycles. The van der Waals surface area contributed by atoms with Crippen molar-refractivity contribution in [2.24, 2.45) is 0 Å². The number of carbonyl (C=O) groups is 2. The highest BCUT2D eigenvalue weighted by Crippen LogP contribution is 2.43. The molecule has 1 fully saturated rings. The highest BCUT2D eigenvalue weighted by Gasteiger charge is 2.47. The van der Waals surface area contributed by atoms with E-state index in [0.29, 0.717) is 55.3 Å². The summed E-state index contributed by atoms with van der Waals surface area (Å²) in [6.45, 7) is 4.66. The number of nitrogens with one attached hydrogen (secondary N) is 1. The third-order valence-corrected chi connectivity index (χ3v) is 7.01. The quantitative estimate of drug-likeness (QED) is 0.639. The lowest BCUT2D eigenvalue weighted by molar-refractivity contribution is -0.155. The summed E-state index contributed by atoms with van der Waals surface area (Å²) < 4.78 is 22.2. The zero-order valence-corrected chi connectivity index (χ0v) is 19.5. The minimum absolute atomic E-state index is 0.291. The molecular weight excluding hydrogens is 446 g/mol. The Morgan fingerprint density at radius 1 is 1.36 bits per heavy atom. The van der Waals surface area contributed by atoms with Gasteiger partial charge in [-0.1, -0.05) is 0 Å². The Hall–Kier alpha value is -3.16. The smallest absolute Gasteiger partial charge is 0.331 e. The highest BCUT2D eigenvalue weighted by molar-refractivity contribution is 7.09. The van der Waals surface area contributed by atoms with Gasteiger partial charge in [0.05, 0.1) is 28.8 Å². The first-order valence-electron chi connectivity index (χ1n) is 10.6. The second-order valence-electron chi connectivity index (χ2n) is 8.13. The van der Waals surface area contributed by atoms with Crippen molar-refractivity contribution in [2.75, 3.05) is 20.3 Å². The van der Waals surface area contributed by atoms with Crippen LogP contribution >= 0.6 is 11.3 Å². The van der Waals surface area contributed by atoms with E-state index < -0.39 is 23.5 Å². The van der Waals surface area contributed by atoms with E-state index in [4.69, 9.17) is 18.9 Å². The number of nitriles is 1. The van der Waals surface area contributed by atoms with Crippen LogP contribution in [0, 0.1) is 18.3 Å². The fourth-order valence-electron chi connectivity index (χ4n) is 4.24. The Morgan fingerprint density at radius 3 is 2.76 bits per heavy atom. The van der Waals surface area contributed by atoms with Crippen LogP contribution in [0.25, 0.3) is 0 Å². The predicted molar refractivity (Wildman–Crippen MR) is 118 cm³/mol. The third-order valence-electron chi connectivity index (χ3n) is 6.10. The fraction of sp³-hybridized carbons (Fsp3) is 0.478. The average Bonchev–Trinajstić information content (AvgIpc) is 3.38. The number of esters is 1. The Bertz CT molecular complexity index is 1100. The number of nitrogens with zero attached hydrogens (tertiary/aromatic N) is 2. The molecule has 10 heteroatoms. The van der Waals surface area contributed by atoms with Gasteiger partial charge in [0.2, 0.25) is 5.91 Å². The number of amides is 1. The number of ether oxygens (including phenoxy) is 4. The largest absolute Gasteiger partial charge is 0.488 e. The van der Waals surface area contributed by atoms with E-state index in [9.17, 15) is 14.9 Å². The van der Waals surface area contributed by atoms with Crippen LogP contribution in [0.2, 0.25) is 0 Å². The van der Waals surface area contributed by atoms with Crippen LogP contribution in [-0.2, 0) is 25.7 Å². The number of benzene rings is 1. The summed E-state index contributed by atoms with van der Waals surface area (Å²) in [6, 6.07) is 5.47. The first kappa shape index (κ1) is 23.0. The first-order chi connectivity index (χ1) is 15.9. The van der Waals surface area contributed by atoms with E-state index in [1.807, 2.05) is 6.92 Å². The van der Waals surface area contributed by atoms with Gasteiger partial charge in [-0.25, -0.2) is 9.78 Å². The molecule has 174 valence electrons. The van der Waals surface area contributed by atoms with Gasteiger partial charge in [-0.15, -0.1) is 11.3 Å². The lowest BCUT2D eigenvalue weighted by atomic mass is 9.87. The number of carbonyl (C=O) groups excluding carboxylic acids is 2. The molecule has 0 aliphatic carbocycles. The molecule has 2 aliphatic rings. The van der Waals surface area contributed by atoms with Gasteiger partial charge < -0.3 is 24.3 Å². The van der Waals surface area contributed by atoms with Gasteiger partial charge in [-0.3, -0.25) is 4.79 Å². The molecule has 2 atom stereocenters. The van der Waals surface area contributed by atoms with Crippen molar-refractivity contribution in [3.63, 3.8) is 0 Å². The summed E-state index contributed by atoms with van der Waals surface area (Å²) in [6.07, 6.45) is 0.114. The molecule has 0 spiro atoms. The van der Waals surface area contributed by atoms with Gasteiger partial charge >= 0.3 is 5.97 Å². The second-order valence-corrected chi connectivity index (χ2v) is 9.07. The number of aromatic nitrogens is 1. The molecule has 1 aromatic heterocycles. The van der Waals surface area contributed by atoms with Crippen molar-refractivity contribution in [1.29, 1.82) is 5.26 Å². The van der Waals surface area contributed by atoms with E-state index in [1.165, 1.54) is 18.4 Å². The number of fused-ring (bicyclic) bond motifs is 1. The van der Waals surface area contributed by atoms with Gasteiger partial charge in [-0.05, 0) is 19.9 Å². The van der Waals surface area contributed by atoms with Crippen LogP contribution in [0.15, 0.2) is 17.6 Å². The second kappa shape index (κ2) is 9.37. The minimum Gasteiger partial charge on any atom is -0.488 e. The normalized spacial score (nSPS) is 20.8. The Kier molecular flexibility index (Phi) is 6.54. The molecule has 0 radical (unpaired) electrons. The van der Waals surface area contributed by atoms with Gasteiger partial charge in [0, 0.05) is 37.7 Å². The number of thiazole rings is 1. The minimum atomic E-state index is -1.15. The van der Waals surface area contributed by atoms with Crippen molar-refractivity contribution in [2.45, 2.75) is 50.9 Å². The van der Waals surface area contributed by atoms with Crippen molar-refractivity contribution in [3.05, 3.63) is 39.3 Å². The van der Waals surface area contributed by atoms with Crippen LogP contribution in [0.4, 0.5) is 0 Å². The summed E-state index contributed by atoms with van der Waals surface area (Å²) in [7, 11) is 1.30. The van der Waals surface area contributed by atoms with E-state index in [0.717, 1.165) is 10.6 Å². The maximum Gasteiger partial charge on any atom is 0.331 e. The molecule has 9 nitrogen and oxygen atoms in total. The molecular formula is C23H25N3O6S. The molecule has 2 unspecified atom stereocenters. The molecule has 3 heterocycles. The van der Waals surface area contributed by atoms with Crippen molar-refractivity contribution >= 4 is 23.2 Å². The maximum atomic E-state index is 13.4. The Morgan fingerprint density at radius 2 is 2.12 bits per heavy atom. The number of methoxy groups -OCH3 is 1.